The molecule has 2 aromatic heterocycles. The molecule has 1 aromatic carbocycles. The van der Waals surface area contributed by atoms with E-state index in [-0.39, 0.29) is 12.3 Å². The molecule has 152 valence electrons. The Morgan fingerprint density at radius 1 is 1.21 bits per heavy atom. The van der Waals surface area contributed by atoms with E-state index in [1.165, 1.54) is 7.11 Å². The van der Waals surface area contributed by atoms with E-state index in [1.54, 1.807) is 29.8 Å². The molecule has 0 fully saturated rings. The van der Waals surface area contributed by atoms with Crippen molar-refractivity contribution < 1.29 is 18.7 Å². The molecule has 29 heavy (non-hydrogen) atoms. The summed E-state index contributed by atoms with van der Waals surface area (Å²) in [7, 11) is 1.32. The van der Waals surface area contributed by atoms with Crippen molar-refractivity contribution in [2.45, 2.75) is 40.2 Å². The predicted molar refractivity (Wildman–Crippen MR) is 105 cm³/mol. The lowest BCUT2D eigenvalue weighted by Gasteiger charge is -2.08. The lowest BCUT2D eigenvalue weighted by molar-refractivity contribution is -0.116. The highest BCUT2D eigenvalue weighted by atomic mass is 16.5. The van der Waals surface area contributed by atoms with Gasteiger partial charge in [0.15, 0.2) is 0 Å². The molecule has 9 nitrogen and oxygen atoms in total. The van der Waals surface area contributed by atoms with E-state index in [9.17, 15) is 9.59 Å². The number of nitrogens with one attached hydrogen (secondary N) is 1. The number of carbonyl (C=O) groups excluding carboxylic acids is 2. The molecule has 0 aliphatic carbocycles. The first-order chi connectivity index (χ1) is 13.9. The van der Waals surface area contributed by atoms with Crippen molar-refractivity contribution in [3.05, 3.63) is 47.0 Å². The second-order valence-corrected chi connectivity index (χ2v) is 6.56. The molecule has 1 N–H and O–H groups in total. The third-order valence-electron chi connectivity index (χ3n) is 4.38. The standard InChI is InChI=1S/C20H23N5O4/c1-5-25-16(10-13(3)24-25)19-23-22-18(29-19)9-8-17(26)21-14-7-6-12(2)15(11-14)20(27)28-4/h6-7,10-11H,5,8-9H2,1-4H3,(H,21,26). The summed E-state index contributed by atoms with van der Waals surface area (Å²) in [6, 6.07) is 6.96. The number of nitrogens with zero attached hydrogens (tertiary/aromatic N) is 4. The van der Waals surface area contributed by atoms with E-state index in [0.29, 0.717) is 36.0 Å². The molecule has 0 spiro atoms. The number of esters is 1. The number of methoxy groups -OCH3 is 1. The highest BCUT2D eigenvalue weighted by molar-refractivity contribution is 5.95. The van der Waals surface area contributed by atoms with Crippen molar-refractivity contribution in [2.24, 2.45) is 0 Å². The number of hydrogen-bond donors (Lipinski definition) is 1. The van der Waals surface area contributed by atoms with E-state index in [0.717, 1.165) is 17.0 Å². The summed E-state index contributed by atoms with van der Waals surface area (Å²) in [4.78, 5) is 24.1. The molecule has 0 radical (unpaired) electrons. The summed E-state index contributed by atoms with van der Waals surface area (Å²) in [5.41, 5.74) is 3.33. The lowest BCUT2D eigenvalue weighted by atomic mass is 10.1. The Bertz CT molecular complexity index is 1040. The Kier molecular flexibility index (Phi) is 6.06. The Balaban J connectivity index is 1.62. The molecule has 0 unspecified atom stereocenters. The summed E-state index contributed by atoms with van der Waals surface area (Å²) in [5, 5.41) is 15.2. The summed E-state index contributed by atoms with van der Waals surface area (Å²) in [6.07, 6.45) is 0.461. The van der Waals surface area contributed by atoms with Gasteiger partial charge in [-0.2, -0.15) is 5.10 Å². The Morgan fingerprint density at radius 2 is 2.00 bits per heavy atom. The number of amides is 1. The van der Waals surface area contributed by atoms with Crippen LogP contribution in [0.15, 0.2) is 28.7 Å². The molecular formula is C20H23N5O4. The molecule has 0 atom stereocenters. The second kappa shape index (κ2) is 8.68. The predicted octanol–water partition coefficient (Wildman–Crippen LogP) is 2.93. The number of carbonyl (C=O) groups is 2. The Labute approximate surface area is 168 Å². The molecule has 3 aromatic rings. The number of hydrogen-bond acceptors (Lipinski definition) is 7. The van der Waals surface area contributed by atoms with Crippen LogP contribution in [0.3, 0.4) is 0 Å². The van der Waals surface area contributed by atoms with Crippen molar-refractivity contribution in [1.82, 2.24) is 20.0 Å². The van der Waals surface area contributed by atoms with Gasteiger partial charge in [0.05, 0.1) is 18.4 Å². The summed E-state index contributed by atoms with van der Waals surface area (Å²) in [5.74, 6) is 0.0809. The maximum absolute atomic E-state index is 12.3. The topological polar surface area (TPSA) is 112 Å². The van der Waals surface area contributed by atoms with E-state index < -0.39 is 5.97 Å². The van der Waals surface area contributed by atoms with Crippen LogP contribution in [-0.2, 0) is 22.5 Å². The molecule has 0 aliphatic rings. The molecular weight excluding hydrogens is 374 g/mol. The Hall–Kier alpha value is -3.49. The van der Waals surface area contributed by atoms with E-state index >= 15 is 0 Å². The summed E-state index contributed by atoms with van der Waals surface area (Å²) < 4.78 is 12.2. The average Bonchev–Trinajstić information content (AvgIpc) is 3.33. The third-order valence-corrected chi connectivity index (χ3v) is 4.38. The van der Waals surface area contributed by atoms with Crippen LogP contribution < -0.4 is 5.32 Å². The van der Waals surface area contributed by atoms with Crippen molar-refractivity contribution in [3.8, 4) is 11.6 Å². The molecule has 0 aliphatic heterocycles. The Morgan fingerprint density at radius 3 is 2.72 bits per heavy atom. The van der Waals surface area contributed by atoms with Gasteiger partial charge in [-0.05, 0) is 44.5 Å². The zero-order valence-electron chi connectivity index (χ0n) is 16.9. The van der Waals surface area contributed by atoms with E-state index in [1.807, 2.05) is 19.9 Å². The maximum Gasteiger partial charge on any atom is 0.338 e. The first-order valence-electron chi connectivity index (χ1n) is 9.27. The van der Waals surface area contributed by atoms with E-state index in [4.69, 9.17) is 9.15 Å². The minimum absolute atomic E-state index is 0.162. The number of rotatable bonds is 7. The van der Waals surface area contributed by atoms with Gasteiger partial charge in [-0.15, -0.1) is 10.2 Å². The van der Waals surface area contributed by atoms with Crippen molar-refractivity contribution in [3.63, 3.8) is 0 Å². The van der Waals surface area contributed by atoms with Crippen LogP contribution >= 0.6 is 0 Å². The quantitative estimate of drug-likeness (QED) is 0.610. The highest BCUT2D eigenvalue weighted by Gasteiger charge is 2.16. The van der Waals surface area contributed by atoms with Crippen LogP contribution in [0.2, 0.25) is 0 Å². The number of aryl methyl sites for hydroxylation is 4. The second-order valence-electron chi connectivity index (χ2n) is 6.56. The van der Waals surface area contributed by atoms with Gasteiger partial charge in [-0.25, -0.2) is 4.79 Å². The van der Waals surface area contributed by atoms with Gasteiger partial charge in [0.1, 0.15) is 5.69 Å². The van der Waals surface area contributed by atoms with Crippen molar-refractivity contribution in [1.29, 1.82) is 0 Å². The maximum atomic E-state index is 12.3. The third kappa shape index (κ3) is 4.68. The SMILES string of the molecule is CCn1nc(C)cc1-c1nnc(CCC(=O)Nc2ccc(C)c(C(=O)OC)c2)o1. The fourth-order valence-corrected chi connectivity index (χ4v) is 2.89. The van der Waals surface area contributed by atoms with Gasteiger partial charge in [0.25, 0.3) is 5.89 Å². The highest BCUT2D eigenvalue weighted by Crippen LogP contribution is 2.20. The largest absolute Gasteiger partial charge is 0.465 e. The minimum atomic E-state index is -0.446. The zero-order valence-corrected chi connectivity index (χ0v) is 16.9. The van der Waals surface area contributed by atoms with Crippen LogP contribution in [0.25, 0.3) is 11.6 Å². The first kappa shape index (κ1) is 20.2. The summed E-state index contributed by atoms with van der Waals surface area (Å²) in [6.45, 7) is 6.37. The fourth-order valence-electron chi connectivity index (χ4n) is 2.89. The van der Waals surface area contributed by atoms with Crippen LogP contribution in [-0.4, -0.2) is 39.0 Å². The van der Waals surface area contributed by atoms with Crippen LogP contribution in [0.1, 0.15) is 40.9 Å². The molecule has 0 bridgehead atoms. The smallest absolute Gasteiger partial charge is 0.338 e. The number of aromatic nitrogens is 4. The zero-order chi connectivity index (χ0) is 21.0. The van der Waals surface area contributed by atoms with Crippen LogP contribution in [0.5, 0.6) is 0 Å². The number of anilines is 1. The summed E-state index contributed by atoms with van der Waals surface area (Å²) >= 11 is 0. The number of benzene rings is 1. The molecule has 1 amide bonds. The fraction of sp³-hybridized carbons (Fsp3) is 0.350. The van der Waals surface area contributed by atoms with E-state index in [2.05, 4.69) is 20.6 Å². The minimum Gasteiger partial charge on any atom is -0.465 e. The monoisotopic (exact) mass is 397 g/mol. The number of ether oxygens (including phenoxy) is 1. The van der Waals surface area contributed by atoms with Gasteiger partial charge < -0.3 is 14.5 Å². The molecule has 2 heterocycles. The van der Waals surface area contributed by atoms with Crippen molar-refractivity contribution in [2.75, 3.05) is 12.4 Å². The van der Waals surface area contributed by atoms with Gasteiger partial charge in [0, 0.05) is 25.1 Å². The van der Waals surface area contributed by atoms with Crippen molar-refractivity contribution >= 4 is 17.6 Å². The van der Waals surface area contributed by atoms with Crippen LogP contribution in [0, 0.1) is 13.8 Å². The average molecular weight is 397 g/mol. The molecule has 3 rings (SSSR count). The first-order valence-corrected chi connectivity index (χ1v) is 9.27. The molecule has 0 saturated carbocycles. The normalized spacial score (nSPS) is 10.8. The van der Waals surface area contributed by atoms with Gasteiger partial charge in [-0.3, -0.25) is 9.48 Å². The van der Waals surface area contributed by atoms with Gasteiger partial charge >= 0.3 is 5.97 Å². The lowest BCUT2D eigenvalue weighted by Crippen LogP contribution is -2.13. The van der Waals surface area contributed by atoms with Gasteiger partial charge in [-0.1, -0.05) is 6.07 Å². The molecule has 9 heteroatoms. The molecule has 0 saturated heterocycles. The van der Waals surface area contributed by atoms with Gasteiger partial charge in [0.2, 0.25) is 11.8 Å². The van der Waals surface area contributed by atoms with Crippen LogP contribution in [0.4, 0.5) is 5.69 Å².